The molecule has 0 unspecified atom stereocenters. The number of anilines is 1. The van der Waals surface area contributed by atoms with Crippen LogP contribution in [0.1, 0.15) is 31.2 Å². The van der Waals surface area contributed by atoms with Crippen LogP contribution in [0.15, 0.2) is 47.4 Å². The predicted octanol–water partition coefficient (Wildman–Crippen LogP) is 3.52. The third kappa shape index (κ3) is 7.97. The number of nitrogens with one attached hydrogen (secondary N) is 2. The number of aryl methyl sites for hydroxylation is 1. The third-order valence-electron chi connectivity index (χ3n) is 4.38. The molecule has 8 heteroatoms. The second kappa shape index (κ2) is 11.7. The number of rotatable bonds is 10. The summed E-state index contributed by atoms with van der Waals surface area (Å²) in [7, 11) is 0. The maximum absolute atomic E-state index is 12.1. The lowest BCUT2D eigenvalue weighted by Gasteiger charge is -2.13. The van der Waals surface area contributed by atoms with E-state index in [1.54, 1.807) is 0 Å². The molecule has 2 aromatic carbocycles. The molecule has 0 bridgehead atoms. The topological polar surface area (TPSA) is 104 Å². The van der Waals surface area contributed by atoms with E-state index in [9.17, 15) is 14.7 Å². The summed E-state index contributed by atoms with van der Waals surface area (Å²) in [6, 6.07) is 12.3. The predicted molar refractivity (Wildman–Crippen MR) is 119 cm³/mol. The van der Waals surface area contributed by atoms with Crippen LogP contribution in [0, 0.1) is 0 Å². The molecule has 2 rings (SSSR count). The summed E-state index contributed by atoms with van der Waals surface area (Å²) in [6.45, 7) is 0.548. The van der Waals surface area contributed by atoms with Crippen molar-refractivity contribution in [3.8, 4) is 5.75 Å². The van der Waals surface area contributed by atoms with Crippen molar-refractivity contribution in [2.75, 3.05) is 11.9 Å². The van der Waals surface area contributed by atoms with Crippen LogP contribution in [0.2, 0.25) is 5.02 Å². The van der Waals surface area contributed by atoms with E-state index in [-0.39, 0.29) is 41.0 Å². The summed E-state index contributed by atoms with van der Waals surface area (Å²) in [5.41, 5.74) is 7.31. The van der Waals surface area contributed by atoms with Crippen LogP contribution in [0.3, 0.4) is 0 Å². The van der Waals surface area contributed by atoms with E-state index < -0.39 is 6.04 Å². The Hall–Kier alpha value is -2.22. The van der Waals surface area contributed by atoms with E-state index in [4.69, 9.17) is 17.3 Å². The Balaban J connectivity index is 1.65. The zero-order chi connectivity index (χ0) is 21.2. The number of benzene rings is 2. The Morgan fingerprint density at radius 2 is 1.90 bits per heavy atom. The zero-order valence-electron chi connectivity index (χ0n) is 16.0. The number of carbonyl (C=O) groups excluding carboxylic acids is 2. The average Bonchev–Trinajstić information content (AvgIpc) is 2.70. The second-order valence-electron chi connectivity index (χ2n) is 6.75. The quantitative estimate of drug-likeness (QED) is 0.224. The monoisotopic (exact) mass is 435 g/mol. The molecule has 0 fully saturated rings. The highest BCUT2D eigenvalue weighted by atomic mass is 35.5. The fourth-order valence-electron chi connectivity index (χ4n) is 2.75. The summed E-state index contributed by atoms with van der Waals surface area (Å²) in [6.07, 6.45) is 3.02. The molecule has 6 nitrogen and oxygen atoms in total. The van der Waals surface area contributed by atoms with Crippen LogP contribution in [0.5, 0.6) is 5.75 Å². The van der Waals surface area contributed by atoms with Gasteiger partial charge in [0.05, 0.1) is 11.7 Å². The number of carbonyl (C=O) groups is 2. The van der Waals surface area contributed by atoms with Gasteiger partial charge in [-0.15, -0.1) is 12.6 Å². The molecule has 29 heavy (non-hydrogen) atoms. The summed E-state index contributed by atoms with van der Waals surface area (Å²) in [5.74, 6) is -0.814. The minimum atomic E-state index is -0.775. The number of halogens is 1. The van der Waals surface area contributed by atoms with Gasteiger partial charge in [-0.3, -0.25) is 9.59 Å². The van der Waals surface area contributed by atoms with Gasteiger partial charge < -0.3 is 21.5 Å². The summed E-state index contributed by atoms with van der Waals surface area (Å²) in [5, 5.41) is 15.6. The Morgan fingerprint density at radius 1 is 1.17 bits per heavy atom. The molecule has 0 aromatic heterocycles. The van der Waals surface area contributed by atoms with Crippen LogP contribution in [-0.4, -0.2) is 29.5 Å². The molecule has 0 radical (unpaired) electrons. The first-order valence-electron chi connectivity index (χ1n) is 9.45. The highest BCUT2D eigenvalue weighted by Crippen LogP contribution is 2.33. The number of aromatic hydroxyl groups is 1. The van der Waals surface area contributed by atoms with E-state index in [0.717, 1.165) is 19.3 Å². The molecular weight excluding hydrogens is 410 g/mol. The molecule has 0 aliphatic rings. The van der Waals surface area contributed by atoms with Gasteiger partial charge in [-0.2, -0.15) is 0 Å². The van der Waals surface area contributed by atoms with Crippen molar-refractivity contribution in [3.05, 3.63) is 53.1 Å². The first-order chi connectivity index (χ1) is 13.9. The van der Waals surface area contributed by atoms with Crippen molar-refractivity contribution in [3.63, 3.8) is 0 Å². The SMILES string of the molecule is N[C@@H](CCC(=O)Nc1cc(Cl)cc(S)c1O)C(=O)NCCCCc1ccccc1. The lowest BCUT2D eigenvalue weighted by atomic mass is 10.1. The summed E-state index contributed by atoms with van der Waals surface area (Å²) < 4.78 is 0. The number of thiol groups is 1. The van der Waals surface area contributed by atoms with Gasteiger partial charge in [0.1, 0.15) is 0 Å². The van der Waals surface area contributed by atoms with Gasteiger partial charge in [-0.25, -0.2) is 0 Å². The van der Waals surface area contributed by atoms with Gasteiger partial charge in [-0.05, 0) is 43.4 Å². The Morgan fingerprint density at radius 3 is 2.62 bits per heavy atom. The Kier molecular flexibility index (Phi) is 9.31. The summed E-state index contributed by atoms with van der Waals surface area (Å²) in [4.78, 5) is 24.4. The first-order valence-corrected chi connectivity index (χ1v) is 10.3. The van der Waals surface area contributed by atoms with Gasteiger partial charge in [0.15, 0.2) is 5.75 Å². The average molecular weight is 436 g/mol. The van der Waals surface area contributed by atoms with Crippen LogP contribution >= 0.6 is 24.2 Å². The van der Waals surface area contributed by atoms with Gasteiger partial charge in [0, 0.05) is 22.9 Å². The molecule has 0 heterocycles. The molecular formula is C21H26ClN3O3S. The fourth-order valence-corrected chi connectivity index (χ4v) is 3.31. The number of phenolic OH excluding ortho intramolecular Hbond substituents is 1. The van der Waals surface area contributed by atoms with Gasteiger partial charge in [-0.1, -0.05) is 41.9 Å². The highest BCUT2D eigenvalue weighted by molar-refractivity contribution is 7.80. The van der Waals surface area contributed by atoms with Crippen LogP contribution in [0.4, 0.5) is 5.69 Å². The molecule has 2 aromatic rings. The Labute approximate surface area is 181 Å². The maximum Gasteiger partial charge on any atom is 0.236 e. The number of hydrogen-bond donors (Lipinski definition) is 5. The van der Waals surface area contributed by atoms with E-state index in [2.05, 4.69) is 35.4 Å². The van der Waals surface area contributed by atoms with Crippen molar-refractivity contribution in [1.82, 2.24) is 5.32 Å². The second-order valence-corrected chi connectivity index (χ2v) is 7.67. The standard InChI is InChI=1S/C21H26ClN3O3S/c22-15-12-17(20(27)18(29)13-15)25-19(26)10-9-16(23)21(28)24-11-5-4-8-14-6-2-1-3-7-14/h1-3,6-7,12-13,16,27,29H,4-5,8-11,23H2,(H,24,28)(H,25,26)/t16-/m0/s1. The molecule has 5 N–H and O–H groups in total. The van der Waals surface area contributed by atoms with Crippen LogP contribution in [-0.2, 0) is 16.0 Å². The summed E-state index contributed by atoms with van der Waals surface area (Å²) >= 11 is 9.98. The van der Waals surface area contributed by atoms with Crippen molar-refractivity contribution in [2.45, 2.75) is 43.0 Å². The lowest BCUT2D eigenvalue weighted by molar-refractivity contribution is -0.122. The number of hydrogen-bond acceptors (Lipinski definition) is 5. The van der Waals surface area contributed by atoms with E-state index in [1.165, 1.54) is 17.7 Å². The number of nitrogens with two attached hydrogens (primary N) is 1. The lowest BCUT2D eigenvalue weighted by Crippen LogP contribution is -2.41. The van der Waals surface area contributed by atoms with Gasteiger partial charge in [0.25, 0.3) is 0 Å². The van der Waals surface area contributed by atoms with Gasteiger partial charge >= 0.3 is 0 Å². The normalized spacial score (nSPS) is 11.7. The van der Waals surface area contributed by atoms with Crippen LogP contribution in [0.25, 0.3) is 0 Å². The number of unbranched alkanes of at least 4 members (excludes halogenated alkanes) is 1. The van der Waals surface area contributed by atoms with E-state index in [0.29, 0.717) is 11.6 Å². The highest BCUT2D eigenvalue weighted by Gasteiger charge is 2.16. The molecule has 0 aliphatic carbocycles. The van der Waals surface area contributed by atoms with Crippen molar-refractivity contribution in [1.29, 1.82) is 0 Å². The molecule has 0 spiro atoms. The van der Waals surface area contributed by atoms with E-state index >= 15 is 0 Å². The Bertz CT molecular complexity index is 833. The smallest absolute Gasteiger partial charge is 0.236 e. The largest absolute Gasteiger partial charge is 0.505 e. The molecule has 0 aliphatic heterocycles. The zero-order valence-corrected chi connectivity index (χ0v) is 17.7. The molecule has 156 valence electrons. The van der Waals surface area contributed by atoms with Gasteiger partial charge in [0.2, 0.25) is 11.8 Å². The minimum absolute atomic E-state index is 0.0381. The van der Waals surface area contributed by atoms with Crippen molar-refractivity contribution in [2.24, 2.45) is 5.73 Å². The molecule has 0 saturated heterocycles. The molecule has 0 saturated carbocycles. The maximum atomic E-state index is 12.1. The fraction of sp³-hybridized carbons (Fsp3) is 0.333. The molecule has 1 atom stereocenters. The third-order valence-corrected chi connectivity index (χ3v) is 4.94. The van der Waals surface area contributed by atoms with E-state index in [1.807, 2.05) is 18.2 Å². The van der Waals surface area contributed by atoms with Crippen molar-refractivity contribution >= 4 is 41.7 Å². The first kappa shape index (κ1) is 23.1. The minimum Gasteiger partial charge on any atom is -0.505 e. The molecule has 2 amide bonds. The van der Waals surface area contributed by atoms with Crippen molar-refractivity contribution < 1.29 is 14.7 Å². The van der Waals surface area contributed by atoms with Crippen LogP contribution < -0.4 is 16.4 Å². The number of phenols is 1. The number of amides is 2.